The predicted molar refractivity (Wildman–Crippen MR) is 143 cm³/mol. The van der Waals surface area contributed by atoms with Gasteiger partial charge in [0.2, 0.25) is 5.91 Å². The van der Waals surface area contributed by atoms with Crippen molar-refractivity contribution < 1.29 is 18.3 Å². The Kier molecular flexibility index (Phi) is 15.0. The van der Waals surface area contributed by atoms with Gasteiger partial charge < -0.3 is 10.4 Å². The first-order valence-electron chi connectivity index (χ1n) is 12.7. The molecule has 1 unspecified atom stereocenters. The van der Waals surface area contributed by atoms with Gasteiger partial charge >= 0.3 is 0 Å². The smallest absolute Gasteiger partial charge is 0.255 e. The number of phenolic OH excluding ortho intramolecular Hbond substituents is 1. The summed E-state index contributed by atoms with van der Waals surface area (Å²) in [4.78, 5) is 12.3. The topological polar surface area (TPSA) is 95.5 Å². The molecule has 1 rings (SSSR count). The van der Waals surface area contributed by atoms with Crippen LogP contribution >= 0.6 is 11.6 Å². The van der Waals surface area contributed by atoms with Crippen LogP contribution in [0.3, 0.4) is 0 Å². The lowest BCUT2D eigenvalue weighted by molar-refractivity contribution is -0.116. The Balaban J connectivity index is 2.56. The summed E-state index contributed by atoms with van der Waals surface area (Å²) in [6.45, 7) is 6.59. The molecule has 0 heterocycles. The van der Waals surface area contributed by atoms with E-state index in [4.69, 9.17) is 11.6 Å². The van der Waals surface area contributed by atoms with Gasteiger partial charge in [-0.25, -0.2) is 8.42 Å². The SMILES string of the molecule is CCCCCCCCC(CCCCCC)CNC(=O)/C=C\S(=O)(=O)Nc1cc(C)c(O)c(Cl)c1. The van der Waals surface area contributed by atoms with Gasteiger partial charge in [-0.3, -0.25) is 9.52 Å². The molecule has 3 N–H and O–H groups in total. The molecule has 34 heavy (non-hydrogen) atoms. The average Bonchev–Trinajstić information content (AvgIpc) is 2.78. The lowest BCUT2D eigenvalue weighted by Crippen LogP contribution is -2.28. The van der Waals surface area contributed by atoms with Crippen molar-refractivity contribution in [2.75, 3.05) is 11.3 Å². The highest BCUT2D eigenvalue weighted by molar-refractivity contribution is 7.95. The fourth-order valence-electron chi connectivity index (χ4n) is 3.87. The molecule has 1 atom stereocenters. The number of carbonyl (C=O) groups excluding carboxylic acids is 1. The minimum atomic E-state index is -3.89. The molecule has 0 fully saturated rings. The number of hydrogen-bond donors (Lipinski definition) is 3. The molecule has 194 valence electrons. The number of nitrogens with one attached hydrogen (secondary N) is 2. The Morgan fingerprint density at radius 2 is 1.56 bits per heavy atom. The number of benzene rings is 1. The van der Waals surface area contributed by atoms with Gasteiger partial charge in [-0.2, -0.15) is 0 Å². The highest BCUT2D eigenvalue weighted by Crippen LogP contribution is 2.31. The Bertz CT molecular complexity index is 849. The number of carbonyl (C=O) groups is 1. The van der Waals surface area contributed by atoms with Crippen molar-refractivity contribution in [1.82, 2.24) is 5.32 Å². The van der Waals surface area contributed by atoms with E-state index in [1.807, 2.05) is 0 Å². The lowest BCUT2D eigenvalue weighted by Gasteiger charge is -2.17. The van der Waals surface area contributed by atoms with Crippen LogP contribution < -0.4 is 10.0 Å². The number of phenols is 1. The lowest BCUT2D eigenvalue weighted by atomic mass is 9.94. The van der Waals surface area contributed by atoms with Gasteiger partial charge in [0.15, 0.2) is 0 Å². The second kappa shape index (κ2) is 16.8. The molecular weight excluding hydrogens is 472 g/mol. The number of aromatic hydroxyl groups is 1. The third kappa shape index (κ3) is 13.2. The number of hydrogen-bond acceptors (Lipinski definition) is 4. The Hall–Kier alpha value is -1.73. The Morgan fingerprint density at radius 3 is 2.15 bits per heavy atom. The molecule has 0 spiro atoms. The number of anilines is 1. The number of aryl methyl sites for hydroxylation is 1. The molecule has 6 nitrogen and oxygen atoms in total. The molecule has 1 aromatic rings. The van der Waals surface area contributed by atoms with Crippen molar-refractivity contribution in [3.8, 4) is 5.75 Å². The standard InChI is InChI=1S/C26H43ClN2O4S/c1-4-6-8-10-11-13-15-22(14-12-9-7-5-2)20-28-25(30)16-17-34(32,33)29-23-18-21(3)26(31)24(27)19-23/h16-19,22,29,31H,4-15,20H2,1-3H3,(H,28,30)/b17-16-. The quantitative estimate of drug-likeness (QED) is 0.111. The second-order valence-corrected chi connectivity index (χ2v) is 11.1. The van der Waals surface area contributed by atoms with Gasteiger partial charge in [-0.1, -0.05) is 89.7 Å². The van der Waals surface area contributed by atoms with E-state index in [-0.39, 0.29) is 16.5 Å². The predicted octanol–water partition coefficient (Wildman–Crippen LogP) is 7.06. The molecule has 0 aromatic heterocycles. The van der Waals surface area contributed by atoms with Crippen LogP contribution in [0.2, 0.25) is 5.02 Å². The molecular formula is C26H43ClN2O4S. The first-order valence-corrected chi connectivity index (χ1v) is 14.6. The van der Waals surface area contributed by atoms with Crippen LogP contribution in [-0.2, 0) is 14.8 Å². The summed E-state index contributed by atoms with van der Waals surface area (Å²) in [5.41, 5.74) is 0.665. The maximum absolute atomic E-state index is 12.3. The molecule has 0 bridgehead atoms. The van der Waals surface area contributed by atoms with Crippen molar-refractivity contribution in [2.45, 2.75) is 97.8 Å². The Labute approximate surface area is 211 Å². The summed E-state index contributed by atoms with van der Waals surface area (Å²) in [6.07, 6.45) is 15.5. The number of rotatable bonds is 18. The molecule has 1 amide bonds. The fraction of sp³-hybridized carbons (Fsp3) is 0.654. The van der Waals surface area contributed by atoms with Crippen molar-refractivity contribution in [3.63, 3.8) is 0 Å². The van der Waals surface area contributed by atoms with Crippen molar-refractivity contribution in [3.05, 3.63) is 34.2 Å². The van der Waals surface area contributed by atoms with E-state index in [0.29, 0.717) is 18.0 Å². The van der Waals surface area contributed by atoms with Gasteiger partial charge in [0, 0.05) is 12.6 Å². The van der Waals surface area contributed by atoms with E-state index in [1.54, 1.807) is 6.92 Å². The number of halogens is 1. The van der Waals surface area contributed by atoms with Gasteiger partial charge in [0.1, 0.15) is 5.75 Å². The van der Waals surface area contributed by atoms with Crippen molar-refractivity contribution in [2.24, 2.45) is 5.92 Å². The largest absolute Gasteiger partial charge is 0.506 e. The van der Waals surface area contributed by atoms with Crippen LogP contribution in [-0.4, -0.2) is 26.0 Å². The van der Waals surface area contributed by atoms with E-state index >= 15 is 0 Å². The van der Waals surface area contributed by atoms with Gasteiger partial charge in [0.05, 0.1) is 16.1 Å². The van der Waals surface area contributed by atoms with E-state index in [1.165, 1.54) is 69.9 Å². The molecule has 0 radical (unpaired) electrons. The summed E-state index contributed by atoms with van der Waals surface area (Å²) in [6, 6.07) is 2.79. The minimum Gasteiger partial charge on any atom is -0.506 e. The third-order valence-electron chi connectivity index (χ3n) is 5.91. The summed E-state index contributed by atoms with van der Waals surface area (Å²) >= 11 is 5.90. The summed E-state index contributed by atoms with van der Waals surface area (Å²) in [7, 11) is -3.89. The molecule has 0 aliphatic rings. The average molecular weight is 515 g/mol. The number of sulfonamides is 1. The van der Waals surface area contributed by atoms with E-state index in [9.17, 15) is 18.3 Å². The van der Waals surface area contributed by atoms with Crippen LogP contribution in [0, 0.1) is 12.8 Å². The van der Waals surface area contributed by atoms with Crippen molar-refractivity contribution >= 4 is 33.2 Å². The van der Waals surface area contributed by atoms with Crippen LogP contribution in [0.4, 0.5) is 5.69 Å². The highest BCUT2D eigenvalue weighted by atomic mass is 35.5. The zero-order chi connectivity index (χ0) is 25.4. The van der Waals surface area contributed by atoms with Crippen LogP contribution in [0.1, 0.15) is 96.5 Å². The third-order valence-corrected chi connectivity index (χ3v) is 7.21. The molecule has 0 saturated heterocycles. The maximum Gasteiger partial charge on any atom is 0.255 e. The van der Waals surface area contributed by atoms with E-state index < -0.39 is 15.9 Å². The van der Waals surface area contributed by atoms with Gasteiger partial charge in [0.25, 0.3) is 10.0 Å². The molecule has 0 saturated carbocycles. The van der Waals surface area contributed by atoms with Crippen LogP contribution in [0.15, 0.2) is 23.6 Å². The Morgan fingerprint density at radius 1 is 1.00 bits per heavy atom. The molecule has 8 heteroatoms. The number of unbranched alkanes of at least 4 members (excludes halogenated alkanes) is 8. The molecule has 0 aliphatic heterocycles. The normalized spacial score (nSPS) is 12.7. The van der Waals surface area contributed by atoms with Crippen LogP contribution in [0.5, 0.6) is 5.75 Å². The second-order valence-electron chi connectivity index (χ2n) is 9.09. The first kappa shape index (κ1) is 30.3. The first-order chi connectivity index (χ1) is 16.2. The van der Waals surface area contributed by atoms with E-state index in [0.717, 1.165) is 30.7 Å². The zero-order valence-electron chi connectivity index (χ0n) is 21.0. The minimum absolute atomic E-state index is 0.0507. The van der Waals surface area contributed by atoms with E-state index in [2.05, 4.69) is 23.9 Å². The van der Waals surface area contributed by atoms with Gasteiger partial charge in [-0.05, 0) is 43.4 Å². The summed E-state index contributed by atoms with van der Waals surface area (Å²) in [5.74, 6) is -0.103. The highest BCUT2D eigenvalue weighted by Gasteiger charge is 2.13. The fourth-order valence-corrected chi connectivity index (χ4v) is 4.95. The zero-order valence-corrected chi connectivity index (χ0v) is 22.6. The molecule has 0 aliphatic carbocycles. The maximum atomic E-state index is 12.3. The molecule has 1 aromatic carbocycles. The van der Waals surface area contributed by atoms with Crippen molar-refractivity contribution in [1.29, 1.82) is 0 Å². The number of amides is 1. The summed E-state index contributed by atoms with van der Waals surface area (Å²) in [5, 5.41) is 13.5. The summed E-state index contributed by atoms with van der Waals surface area (Å²) < 4.78 is 27.0. The monoisotopic (exact) mass is 514 g/mol. The van der Waals surface area contributed by atoms with Crippen LogP contribution in [0.25, 0.3) is 0 Å². The van der Waals surface area contributed by atoms with Gasteiger partial charge in [-0.15, -0.1) is 0 Å².